The summed E-state index contributed by atoms with van der Waals surface area (Å²) in [7, 11) is 0. The molecule has 128 valence electrons. The van der Waals surface area contributed by atoms with Gasteiger partial charge in [-0.05, 0) is 11.5 Å². The maximum atomic E-state index is 15.3. The highest BCUT2D eigenvalue weighted by Crippen LogP contribution is 2.39. The Hall–Kier alpha value is -3.02. The normalized spacial score (nSPS) is 11.4. The van der Waals surface area contributed by atoms with Crippen molar-refractivity contribution in [3.8, 4) is 22.8 Å². The molecular formula is C19H19FN4O. The van der Waals surface area contributed by atoms with Gasteiger partial charge in [-0.2, -0.15) is 0 Å². The molecule has 0 spiro atoms. The lowest BCUT2D eigenvalue weighted by Crippen LogP contribution is -2.14. The SMILES string of the molecule is CC(C)(C)c1ccc(-c2cnc(N)nc2)c(F)c1Oc1ccccn1. The number of aromatic nitrogens is 3. The molecule has 0 amide bonds. The molecule has 0 bridgehead atoms. The van der Waals surface area contributed by atoms with Gasteiger partial charge in [-0.25, -0.2) is 19.3 Å². The summed E-state index contributed by atoms with van der Waals surface area (Å²) >= 11 is 0. The monoisotopic (exact) mass is 338 g/mol. The number of nitrogen functional groups attached to an aromatic ring is 1. The van der Waals surface area contributed by atoms with Gasteiger partial charge in [-0.15, -0.1) is 0 Å². The molecule has 0 aliphatic carbocycles. The van der Waals surface area contributed by atoms with Gasteiger partial charge in [0.25, 0.3) is 0 Å². The van der Waals surface area contributed by atoms with Crippen molar-refractivity contribution in [3.63, 3.8) is 0 Å². The minimum Gasteiger partial charge on any atom is -0.436 e. The van der Waals surface area contributed by atoms with Crippen LogP contribution in [0, 0.1) is 5.82 Å². The molecule has 0 atom stereocenters. The van der Waals surface area contributed by atoms with Crippen LogP contribution >= 0.6 is 0 Å². The molecule has 0 aliphatic heterocycles. The van der Waals surface area contributed by atoms with Gasteiger partial charge in [0.1, 0.15) is 0 Å². The smallest absolute Gasteiger partial charge is 0.219 e. The van der Waals surface area contributed by atoms with Crippen LogP contribution in [0.1, 0.15) is 26.3 Å². The van der Waals surface area contributed by atoms with Gasteiger partial charge in [0.2, 0.25) is 11.8 Å². The number of hydrogen-bond acceptors (Lipinski definition) is 5. The largest absolute Gasteiger partial charge is 0.436 e. The highest BCUT2D eigenvalue weighted by atomic mass is 19.1. The zero-order chi connectivity index (χ0) is 18.0. The first-order chi connectivity index (χ1) is 11.9. The van der Waals surface area contributed by atoms with Gasteiger partial charge < -0.3 is 10.5 Å². The second-order valence-corrected chi connectivity index (χ2v) is 6.65. The van der Waals surface area contributed by atoms with Crippen LogP contribution in [0.5, 0.6) is 11.6 Å². The van der Waals surface area contributed by atoms with Gasteiger partial charge in [-0.3, -0.25) is 0 Å². The molecule has 0 aliphatic rings. The van der Waals surface area contributed by atoms with Gasteiger partial charge in [0.15, 0.2) is 11.6 Å². The third-order valence-electron chi connectivity index (χ3n) is 3.73. The molecular weight excluding hydrogens is 319 g/mol. The Kier molecular flexibility index (Phi) is 4.35. The Morgan fingerprint density at radius 1 is 1.00 bits per heavy atom. The first kappa shape index (κ1) is 16.8. The van der Waals surface area contributed by atoms with Crippen molar-refractivity contribution in [1.82, 2.24) is 15.0 Å². The summed E-state index contributed by atoms with van der Waals surface area (Å²) in [6.45, 7) is 6.00. The van der Waals surface area contributed by atoms with Crippen LogP contribution in [0.15, 0.2) is 48.9 Å². The van der Waals surface area contributed by atoms with E-state index in [4.69, 9.17) is 10.5 Å². The number of benzene rings is 1. The molecule has 6 heteroatoms. The zero-order valence-electron chi connectivity index (χ0n) is 14.3. The highest BCUT2D eigenvalue weighted by molar-refractivity contribution is 5.67. The summed E-state index contributed by atoms with van der Waals surface area (Å²) in [5, 5.41) is 0. The summed E-state index contributed by atoms with van der Waals surface area (Å²) < 4.78 is 21.1. The van der Waals surface area contributed by atoms with Crippen LogP contribution in [0.2, 0.25) is 0 Å². The lowest BCUT2D eigenvalue weighted by atomic mass is 9.85. The molecule has 2 heterocycles. The topological polar surface area (TPSA) is 73.9 Å². The van der Waals surface area contributed by atoms with Crippen LogP contribution < -0.4 is 10.5 Å². The van der Waals surface area contributed by atoms with E-state index in [1.54, 1.807) is 30.5 Å². The number of pyridine rings is 1. The molecule has 0 fully saturated rings. The quantitative estimate of drug-likeness (QED) is 0.768. The second kappa shape index (κ2) is 6.47. The minimum absolute atomic E-state index is 0.139. The second-order valence-electron chi connectivity index (χ2n) is 6.65. The zero-order valence-corrected chi connectivity index (χ0v) is 14.3. The number of nitrogens with zero attached hydrogens (tertiary/aromatic N) is 3. The number of halogens is 1. The predicted octanol–water partition coefficient (Wildman–Crippen LogP) is 4.35. The molecule has 5 nitrogen and oxygen atoms in total. The Morgan fingerprint density at radius 2 is 1.72 bits per heavy atom. The molecule has 0 unspecified atom stereocenters. The van der Waals surface area contributed by atoms with Crippen LogP contribution in [0.3, 0.4) is 0 Å². The van der Waals surface area contributed by atoms with E-state index in [1.807, 2.05) is 26.8 Å². The van der Waals surface area contributed by atoms with Gasteiger partial charge >= 0.3 is 0 Å². The molecule has 2 aromatic heterocycles. The van der Waals surface area contributed by atoms with Crippen molar-refractivity contribution in [2.45, 2.75) is 26.2 Å². The number of rotatable bonds is 3. The lowest BCUT2D eigenvalue weighted by molar-refractivity contribution is 0.408. The summed E-state index contributed by atoms with van der Waals surface area (Å²) in [4.78, 5) is 12.0. The van der Waals surface area contributed by atoms with Crippen LogP contribution in [-0.2, 0) is 5.41 Å². The molecule has 0 saturated carbocycles. The standard InChI is InChI=1S/C19H19FN4O/c1-19(2,3)14-8-7-13(12-10-23-18(21)24-11-12)16(20)17(14)25-15-6-4-5-9-22-15/h4-11H,1-3H3,(H2,21,23,24). The van der Waals surface area contributed by atoms with E-state index in [2.05, 4.69) is 15.0 Å². The fourth-order valence-electron chi connectivity index (χ4n) is 2.46. The van der Waals surface area contributed by atoms with Gasteiger partial charge in [0.05, 0.1) is 0 Å². The van der Waals surface area contributed by atoms with Crippen LogP contribution in [0.4, 0.5) is 10.3 Å². The van der Waals surface area contributed by atoms with Crippen molar-refractivity contribution >= 4 is 5.95 Å². The van der Waals surface area contributed by atoms with E-state index in [9.17, 15) is 0 Å². The maximum Gasteiger partial charge on any atom is 0.219 e. The van der Waals surface area contributed by atoms with E-state index in [0.717, 1.165) is 5.56 Å². The van der Waals surface area contributed by atoms with Gasteiger partial charge in [-0.1, -0.05) is 39.0 Å². The molecule has 2 N–H and O–H groups in total. The van der Waals surface area contributed by atoms with E-state index in [-0.39, 0.29) is 17.1 Å². The molecule has 3 aromatic rings. The highest BCUT2D eigenvalue weighted by Gasteiger charge is 2.25. The fraction of sp³-hybridized carbons (Fsp3) is 0.211. The number of anilines is 1. The maximum absolute atomic E-state index is 15.3. The summed E-state index contributed by atoms with van der Waals surface area (Å²) in [6, 6.07) is 8.80. The first-order valence-corrected chi connectivity index (χ1v) is 7.86. The number of hydrogen-bond donors (Lipinski definition) is 1. The Morgan fingerprint density at radius 3 is 2.32 bits per heavy atom. The van der Waals surface area contributed by atoms with Crippen molar-refractivity contribution in [3.05, 3.63) is 60.3 Å². The summed E-state index contributed by atoms with van der Waals surface area (Å²) in [5.41, 5.74) is 6.82. The fourth-order valence-corrected chi connectivity index (χ4v) is 2.46. The Balaban J connectivity index is 2.14. The Bertz CT molecular complexity index is 874. The molecule has 25 heavy (non-hydrogen) atoms. The van der Waals surface area contributed by atoms with E-state index in [0.29, 0.717) is 17.0 Å². The third-order valence-corrected chi connectivity index (χ3v) is 3.73. The molecule has 1 aromatic carbocycles. The Labute approximate surface area is 145 Å². The van der Waals surface area contributed by atoms with E-state index in [1.165, 1.54) is 12.4 Å². The average Bonchev–Trinajstić information content (AvgIpc) is 2.57. The van der Waals surface area contributed by atoms with Crippen LogP contribution in [0.25, 0.3) is 11.1 Å². The minimum atomic E-state index is -0.480. The summed E-state index contributed by atoms with van der Waals surface area (Å²) in [5.74, 6) is 0.144. The summed E-state index contributed by atoms with van der Waals surface area (Å²) in [6.07, 6.45) is 4.58. The van der Waals surface area contributed by atoms with Crippen molar-refractivity contribution in [2.75, 3.05) is 5.73 Å². The lowest BCUT2D eigenvalue weighted by Gasteiger charge is -2.23. The van der Waals surface area contributed by atoms with Crippen molar-refractivity contribution < 1.29 is 9.13 Å². The van der Waals surface area contributed by atoms with E-state index >= 15 is 4.39 Å². The third kappa shape index (κ3) is 3.57. The number of nitrogens with two attached hydrogens (primary N) is 1. The van der Waals surface area contributed by atoms with Crippen LogP contribution in [-0.4, -0.2) is 15.0 Å². The first-order valence-electron chi connectivity index (χ1n) is 7.86. The van der Waals surface area contributed by atoms with E-state index < -0.39 is 5.82 Å². The molecule has 3 rings (SSSR count). The average molecular weight is 338 g/mol. The molecule has 0 saturated heterocycles. The van der Waals surface area contributed by atoms with Crippen molar-refractivity contribution in [2.24, 2.45) is 0 Å². The van der Waals surface area contributed by atoms with Gasteiger partial charge in [0, 0.05) is 41.3 Å². The number of ether oxygens (including phenoxy) is 1. The van der Waals surface area contributed by atoms with Crippen molar-refractivity contribution in [1.29, 1.82) is 0 Å². The predicted molar refractivity (Wildman–Crippen MR) is 94.8 cm³/mol. The molecule has 0 radical (unpaired) electrons.